The molecule has 2 unspecified atom stereocenters. The van der Waals surface area contributed by atoms with Gasteiger partial charge in [-0.05, 0) is 55.4 Å². The number of benzene rings is 2. The fourth-order valence-electron chi connectivity index (χ4n) is 3.25. The van der Waals surface area contributed by atoms with Crippen molar-refractivity contribution in [2.45, 2.75) is 38.6 Å². The van der Waals surface area contributed by atoms with Gasteiger partial charge in [0.15, 0.2) is 0 Å². The lowest BCUT2D eigenvalue weighted by Gasteiger charge is -2.28. The summed E-state index contributed by atoms with van der Waals surface area (Å²) in [5.41, 5.74) is 11.7. The highest BCUT2D eigenvalue weighted by molar-refractivity contribution is 5.39. The molecule has 2 heteroatoms. The SMILES string of the molecule is Cc1ccc(C)c(C(N)CC2CCOc3ccccc32)c1. The maximum absolute atomic E-state index is 6.51. The van der Waals surface area contributed by atoms with E-state index in [9.17, 15) is 0 Å². The molecule has 0 aromatic heterocycles. The zero-order valence-corrected chi connectivity index (χ0v) is 12.8. The van der Waals surface area contributed by atoms with Crippen molar-refractivity contribution < 1.29 is 4.74 Å². The second-order valence-electron chi connectivity index (χ2n) is 6.07. The third-order valence-corrected chi connectivity index (χ3v) is 4.46. The first-order valence-electron chi connectivity index (χ1n) is 7.69. The Balaban J connectivity index is 1.82. The summed E-state index contributed by atoms with van der Waals surface area (Å²) >= 11 is 0. The fraction of sp³-hybridized carbons (Fsp3) is 0.368. The van der Waals surface area contributed by atoms with Crippen molar-refractivity contribution >= 4 is 0 Å². The van der Waals surface area contributed by atoms with E-state index in [-0.39, 0.29) is 6.04 Å². The first kappa shape index (κ1) is 14.2. The van der Waals surface area contributed by atoms with Gasteiger partial charge < -0.3 is 10.5 Å². The summed E-state index contributed by atoms with van der Waals surface area (Å²) in [6.07, 6.45) is 2.03. The van der Waals surface area contributed by atoms with E-state index in [4.69, 9.17) is 10.5 Å². The van der Waals surface area contributed by atoms with Crippen molar-refractivity contribution in [3.8, 4) is 5.75 Å². The predicted octanol–water partition coefficient (Wildman–Crippen LogP) is 4.26. The van der Waals surface area contributed by atoms with Crippen molar-refractivity contribution in [1.82, 2.24) is 0 Å². The lowest BCUT2D eigenvalue weighted by atomic mass is 9.84. The summed E-state index contributed by atoms with van der Waals surface area (Å²) in [7, 11) is 0. The van der Waals surface area contributed by atoms with Gasteiger partial charge in [0.2, 0.25) is 0 Å². The molecule has 0 saturated heterocycles. The minimum absolute atomic E-state index is 0.0843. The highest BCUT2D eigenvalue weighted by atomic mass is 16.5. The third kappa shape index (κ3) is 2.96. The smallest absolute Gasteiger partial charge is 0.122 e. The van der Waals surface area contributed by atoms with Gasteiger partial charge >= 0.3 is 0 Å². The van der Waals surface area contributed by atoms with Crippen LogP contribution >= 0.6 is 0 Å². The molecule has 0 bridgehead atoms. The van der Waals surface area contributed by atoms with Gasteiger partial charge in [0, 0.05) is 6.04 Å². The van der Waals surface area contributed by atoms with Gasteiger partial charge in [0.05, 0.1) is 6.61 Å². The molecule has 0 fully saturated rings. The zero-order chi connectivity index (χ0) is 14.8. The van der Waals surface area contributed by atoms with Crippen molar-refractivity contribution in [2.75, 3.05) is 6.61 Å². The van der Waals surface area contributed by atoms with Crippen molar-refractivity contribution in [2.24, 2.45) is 5.73 Å². The van der Waals surface area contributed by atoms with Crippen LogP contribution in [0.2, 0.25) is 0 Å². The summed E-state index contributed by atoms with van der Waals surface area (Å²) in [6, 6.07) is 15.0. The highest BCUT2D eigenvalue weighted by Crippen LogP contribution is 2.38. The summed E-state index contributed by atoms with van der Waals surface area (Å²) in [6.45, 7) is 5.06. The fourth-order valence-corrected chi connectivity index (χ4v) is 3.25. The Morgan fingerprint density at radius 1 is 1.19 bits per heavy atom. The maximum Gasteiger partial charge on any atom is 0.122 e. The van der Waals surface area contributed by atoms with Gasteiger partial charge in [0.25, 0.3) is 0 Å². The van der Waals surface area contributed by atoms with Crippen molar-refractivity contribution in [3.05, 3.63) is 64.7 Å². The molecule has 0 aliphatic carbocycles. The minimum atomic E-state index is 0.0843. The zero-order valence-electron chi connectivity index (χ0n) is 12.8. The van der Waals surface area contributed by atoms with Crippen LogP contribution in [0.3, 0.4) is 0 Å². The van der Waals surface area contributed by atoms with E-state index in [1.54, 1.807) is 0 Å². The Morgan fingerprint density at radius 3 is 2.86 bits per heavy atom. The van der Waals surface area contributed by atoms with E-state index in [1.165, 1.54) is 22.3 Å². The van der Waals surface area contributed by atoms with E-state index in [1.807, 2.05) is 6.07 Å². The predicted molar refractivity (Wildman–Crippen MR) is 86.8 cm³/mol. The van der Waals surface area contributed by atoms with Gasteiger partial charge in [-0.1, -0.05) is 42.0 Å². The van der Waals surface area contributed by atoms with E-state index >= 15 is 0 Å². The number of nitrogens with two attached hydrogens (primary N) is 1. The molecule has 21 heavy (non-hydrogen) atoms. The number of hydrogen-bond donors (Lipinski definition) is 1. The molecule has 3 rings (SSSR count). The van der Waals surface area contributed by atoms with Crippen LogP contribution in [-0.4, -0.2) is 6.61 Å². The van der Waals surface area contributed by atoms with Gasteiger partial charge in [-0.3, -0.25) is 0 Å². The highest BCUT2D eigenvalue weighted by Gasteiger charge is 2.24. The molecule has 2 N–H and O–H groups in total. The van der Waals surface area contributed by atoms with Crippen LogP contribution in [-0.2, 0) is 0 Å². The number of fused-ring (bicyclic) bond motifs is 1. The van der Waals surface area contributed by atoms with Crippen LogP contribution in [0.1, 0.15) is 47.1 Å². The quantitative estimate of drug-likeness (QED) is 0.912. The molecule has 2 aromatic carbocycles. The number of aryl methyl sites for hydroxylation is 2. The van der Waals surface area contributed by atoms with E-state index in [0.717, 1.165) is 25.2 Å². The molecule has 110 valence electrons. The van der Waals surface area contributed by atoms with Gasteiger partial charge in [-0.2, -0.15) is 0 Å². The van der Waals surface area contributed by atoms with Gasteiger partial charge in [-0.15, -0.1) is 0 Å². The molecule has 1 aliphatic rings. The molecular weight excluding hydrogens is 258 g/mol. The van der Waals surface area contributed by atoms with Crippen LogP contribution in [0, 0.1) is 13.8 Å². The summed E-state index contributed by atoms with van der Waals surface area (Å²) < 4.78 is 5.74. The summed E-state index contributed by atoms with van der Waals surface area (Å²) in [4.78, 5) is 0. The number of ether oxygens (including phenoxy) is 1. The molecule has 2 aromatic rings. The molecule has 0 saturated carbocycles. The molecule has 2 atom stereocenters. The van der Waals surface area contributed by atoms with Crippen LogP contribution in [0.15, 0.2) is 42.5 Å². The third-order valence-electron chi connectivity index (χ3n) is 4.46. The van der Waals surface area contributed by atoms with E-state index in [0.29, 0.717) is 5.92 Å². The summed E-state index contributed by atoms with van der Waals surface area (Å²) in [5.74, 6) is 1.52. The second kappa shape index (κ2) is 5.90. The monoisotopic (exact) mass is 281 g/mol. The van der Waals surface area contributed by atoms with Crippen LogP contribution in [0.5, 0.6) is 5.75 Å². The number of rotatable bonds is 3. The number of hydrogen-bond acceptors (Lipinski definition) is 2. The first-order valence-corrected chi connectivity index (χ1v) is 7.69. The van der Waals surface area contributed by atoms with Crippen LogP contribution in [0.25, 0.3) is 0 Å². The average Bonchev–Trinajstić information content (AvgIpc) is 2.50. The largest absolute Gasteiger partial charge is 0.493 e. The Bertz CT molecular complexity index is 635. The Morgan fingerprint density at radius 2 is 2.00 bits per heavy atom. The second-order valence-corrected chi connectivity index (χ2v) is 6.07. The number of para-hydroxylation sites is 1. The normalized spacial score (nSPS) is 18.7. The molecule has 0 amide bonds. The maximum atomic E-state index is 6.51. The van der Waals surface area contributed by atoms with E-state index < -0.39 is 0 Å². The van der Waals surface area contributed by atoms with Gasteiger partial charge in [-0.25, -0.2) is 0 Å². The van der Waals surface area contributed by atoms with Crippen molar-refractivity contribution in [1.29, 1.82) is 0 Å². The van der Waals surface area contributed by atoms with Gasteiger partial charge in [0.1, 0.15) is 5.75 Å². The molecule has 1 aliphatic heterocycles. The van der Waals surface area contributed by atoms with Crippen molar-refractivity contribution in [3.63, 3.8) is 0 Å². The lowest BCUT2D eigenvalue weighted by molar-refractivity contribution is 0.259. The topological polar surface area (TPSA) is 35.2 Å². The Hall–Kier alpha value is -1.80. The van der Waals surface area contributed by atoms with Crippen LogP contribution in [0.4, 0.5) is 0 Å². The Labute approximate surface area is 126 Å². The lowest BCUT2D eigenvalue weighted by Crippen LogP contribution is -2.20. The Kier molecular flexibility index (Phi) is 3.98. The standard InChI is InChI=1S/C19H23NO/c1-13-7-8-14(2)17(11-13)18(20)12-15-9-10-21-19-6-4-3-5-16(15)19/h3-8,11,15,18H,9-10,12,20H2,1-2H3. The molecular formula is C19H23NO. The molecule has 2 nitrogen and oxygen atoms in total. The van der Waals surface area contributed by atoms with Crippen LogP contribution < -0.4 is 10.5 Å². The summed E-state index contributed by atoms with van der Waals surface area (Å²) in [5, 5.41) is 0. The average molecular weight is 281 g/mol. The first-order chi connectivity index (χ1) is 10.1. The minimum Gasteiger partial charge on any atom is -0.493 e. The van der Waals surface area contributed by atoms with E-state index in [2.05, 4.69) is 50.2 Å². The molecule has 1 heterocycles. The molecule has 0 spiro atoms. The molecule has 0 radical (unpaired) electrons.